The summed E-state index contributed by atoms with van der Waals surface area (Å²) in [5.74, 6) is 0.170. The lowest BCUT2D eigenvalue weighted by Crippen LogP contribution is -2.26. The quantitative estimate of drug-likeness (QED) is 0.736. The molecule has 1 rings (SSSR count). The fourth-order valence-corrected chi connectivity index (χ4v) is 1.55. The van der Waals surface area contributed by atoms with Gasteiger partial charge in [0.2, 0.25) is 0 Å². The van der Waals surface area contributed by atoms with Crippen molar-refractivity contribution in [2.75, 3.05) is 13.2 Å². The third-order valence-electron chi connectivity index (χ3n) is 2.70. The highest BCUT2D eigenvalue weighted by Gasteiger charge is 2.09. The van der Waals surface area contributed by atoms with Gasteiger partial charge in [0.05, 0.1) is 0 Å². The Morgan fingerprint density at radius 3 is 3.00 bits per heavy atom. The van der Waals surface area contributed by atoms with E-state index >= 15 is 0 Å². The van der Waals surface area contributed by atoms with E-state index in [1.54, 1.807) is 6.20 Å². The molecule has 1 aromatic rings. The highest BCUT2D eigenvalue weighted by atomic mass is 16.3. The maximum absolute atomic E-state index is 11.8. The number of carbonyl (C=O) groups is 1. The Hall–Kier alpha value is -1.42. The lowest BCUT2D eigenvalue weighted by molar-refractivity contribution is 0.0946. The van der Waals surface area contributed by atoms with Gasteiger partial charge in [-0.25, -0.2) is 0 Å². The van der Waals surface area contributed by atoms with Gasteiger partial charge in [-0.15, -0.1) is 0 Å². The van der Waals surface area contributed by atoms with E-state index in [0.29, 0.717) is 18.2 Å². The van der Waals surface area contributed by atoms with Crippen LogP contribution in [0.15, 0.2) is 18.3 Å². The van der Waals surface area contributed by atoms with E-state index in [1.165, 1.54) is 0 Å². The van der Waals surface area contributed by atoms with E-state index in [0.717, 1.165) is 18.4 Å². The van der Waals surface area contributed by atoms with E-state index in [4.69, 9.17) is 5.11 Å². The van der Waals surface area contributed by atoms with Crippen LogP contribution in [0, 0.1) is 12.8 Å². The third kappa shape index (κ3) is 4.53. The highest BCUT2D eigenvalue weighted by molar-refractivity contribution is 5.93. The number of amides is 1. The molecule has 0 spiro atoms. The lowest BCUT2D eigenvalue weighted by Gasteiger charge is -2.09. The molecule has 4 nitrogen and oxygen atoms in total. The Kier molecular flexibility index (Phi) is 5.63. The first-order valence-corrected chi connectivity index (χ1v) is 5.95. The lowest BCUT2D eigenvalue weighted by atomic mass is 10.1. The molecule has 0 fully saturated rings. The number of hydrogen-bond donors (Lipinski definition) is 2. The van der Waals surface area contributed by atoms with Crippen molar-refractivity contribution in [3.8, 4) is 0 Å². The molecule has 17 heavy (non-hydrogen) atoms. The molecular formula is C13H20N2O2. The minimum atomic E-state index is -0.125. The molecule has 0 aliphatic carbocycles. The predicted molar refractivity (Wildman–Crippen MR) is 66.8 cm³/mol. The maximum Gasteiger partial charge on any atom is 0.270 e. The summed E-state index contributed by atoms with van der Waals surface area (Å²) in [6, 6.07) is 3.69. The van der Waals surface area contributed by atoms with Gasteiger partial charge in [0.1, 0.15) is 5.69 Å². The molecule has 0 aliphatic rings. The molecule has 4 heteroatoms. The summed E-state index contributed by atoms with van der Waals surface area (Å²) in [5, 5.41) is 11.7. The minimum absolute atomic E-state index is 0.125. The van der Waals surface area contributed by atoms with Crippen molar-refractivity contribution < 1.29 is 9.90 Å². The summed E-state index contributed by atoms with van der Waals surface area (Å²) < 4.78 is 0. The number of nitrogens with zero attached hydrogens (tertiary/aromatic N) is 1. The number of pyridine rings is 1. The van der Waals surface area contributed by atoms with Crippen LogP contribution in [-0.2, 0) is 0 Å². The first-order chi connectivity index (χ1) is 8.15. The van der Waals surface area contributed by atoms with Gasteiger partial charge in [-0.1, -0.05) is 13.0 Å². The number of aromatic nitrogens is 1. The second-order valence-corrected chi connectivity index (χ2v) is 4.35. The fourth-order valence-electron chi connectivity index (χ4n) is 1.55. The SMILES string of the molecule is Cc1cccnc1C(=O)NCCCC(C)CO. The van der Waals surface area contributed by atoms with Crippen molar-refractivity contribution in [2.24, 2.45) is 5.92 Å². The smallest absolute Gasteiger partial charge is 0.270 e. The summed E-state index contributed by atoms with van der Waals surface area (Å²) in [6.45, 7) is 4.69. The molecule has 0 saturated carbocycles. The third-order valence-corrected chi connectivity index (χ3v) is 2.70. The predicted octanol–water partition coefficient (Wildman–Crippen LogP) is 1.53. The van der Waals surface area contributed by atoms with Crippen LogP contribution in [0.2, 0.25) is 0 Å². The zero-order chi connectivity index (χ0) is 12.7. The summed E-state index contributed by atoms with van der Waals surface area (Å²) >= 11 is 0. The van der Waals surface area contributed by atoms with Crippen LogP contribution >= 0.6 is 0 Å². The molecule has 0 aliphatic heterocycles. The molecule has 1 heterocycles. The van der Waals surface area contributed by atoms with Gasteiger partial charge in [-0.2, -0.15) is 0 Å². The molecular weight excluding hydrogens is 216 g/mol. The van der Waals surface area contributed by atoms with Gasteiger partial charge >= 0.3 is 0 Å². The Morgan fingerprint density at radius 2 is 2.35 bits per heavy atom. The average molecular weight is 236 g/mol. The molecule has 94 valence electrons. The number of aliphatic hydroxyl groups is 1. The highest BCUT2D eigenvalue weighted by Crippen LogP contribution is 2.04. The van der Waals surface area contributed by atoms with E-state index in [1.807, 2.05) is 26.0 Å². The number of aryl methyl sites for hydroxylation is 1. The van der Waals surface area contributed by atoms with Crippen LogP contribution in [0.1, 0.15) is 35.8 Å². The van der Waals surface area contributed by atoms with Crippen LogP contribution in [-0.4, -0.2) is 29.1 Å². The van der Waals surface area contributed by atoms with Gasteiger partial charge in [0, 0.05) is 19.3 Å². The normalized spacial score (nSPS) is 12.2. The molecule has 1 amide bonds. The Morgan fingerprint density at radius 1 is 1.59 bits per heavy atom. The fraction of sp³-hybridized carbons (Fsp3) is 0.538. The standard InChI is InChI=1S/C13H20N2O2/c1-10(9-16)5-3-8-15-13(17)12-11(2)6-4-7-14-12/h4,6-7,10,16H,3,5,8-9H2,1-2H3,(H,15,17). The van der Waals surface area contributed by atoms with Crippen molar-refractivity contribution in [3.63, 3.8) is 0 Å². The summed E-state index contributed by atoms with van der Waals surface area (Å²) in [7, 11) is 0. The molecule has 1 atom stereocenters. The van der Waals surface area contributed by atoms with Crippen molar-refractivity contribution in [1.82, 2.24) is 10.3 Å². The van der Waals surface area contributed by atoms with E-state index in [9.17, 15) is 4.79 Å². The van der Waals surface area contributed by atoms with Crippen molar-refractivity contribution in [1.29, 1.82) is 0 Å². The monoisotopic (exact) mass is 236 g/mol. The maximum atomic E-state index is 11.8. The van der Waals surface area contributed by atoms with E-state index in [-0.39, 0.29) is 12.5 Å². The molecule has 0 aromatic carbocycles. The molecule has 0 bridgehead atoms. The van der Waals surface area contributed by atoms with Crippen molar-refractivity contribution in [3.05, 3.63) is 29.6 Å². The zero-order valence-electron chi connectivity index (χ0n) is 10.4. The van der Waals surface area contributed by atoms with Crippen LogP contribution in [0.25, 0.3) is 0 Å². The van der Waals surface area contributed by atoms with Gasteiger partial charge in [-0.3, -0.25) is 9.78 Å². The number of aliphatic hydroxyl groups excluding tert-OH is 1. The van der Waals surface area contributed by atoms with E-state index < -0.39 is 0 Å². The molecule has 0 radical (unpaired) electrons. The molecule has 0 saturated heterocycles. The van der Waals surface area contributed by atoms with Gasteiger partial charge in [-0.05, 0) is 37.3 Å². The first kappa shape index (κ1) is 13.6. The second kappa shape index (κ2) is 7.01. The topological polar surface area (TPSA) is 62.2 Å². The van der Waals surface area contributed by atoms with Crippen LogP contribution in [0.5, 0.6) is 0 Å². The number of carbonyl (C=O) groups excluding carboxylic acids is 1. The molecule has 1 aromatic heterocycles. The number of nitrogens with one attached hydrogen (secondary N) is 1. The van der Waals surface area contributed by atoms with Crippen molar-refractivity contribution >= 4 is 5.91 Å². The zero-order valence-corrected chi connectivity index (χ0v) is 10.4. The Balaban J connectivity index is 2.33. The van der Waals surface area contributed by atoms with Crippen LogP contribution in [0.4, 0.5) is 0 Å². The molecule has 1 unspecified atom stereocenters. The van der Waals surface area contributed by atoms with Crippen LogP contribution < -0.4 is 5.32 Å². The minimum Gasteiger partial charge on any atom is -0.396 e. The van der Waals surface area contributed by atoms with Crippen molar-refractivity contribution in [2.45, 2.75) is 26.7 Å². The Labute approximate surface area is 102 Å². The van der Waals surface area contributed by atoms with Crippen LogP contribution in [0.3, 0.4) is 0 Å². The Bertz CT molecular complexity index is 366. The largest absolute Gasteiger partial charge is 0.396 e. The van der Waals surface area contributed by atoms with Gasteiger partial charge in [0.15, 0.2) is 0 Å². The summed E-state index contributed by atoms with van der Waals surface area (Å²) in [4.78, 5) is 15.8. The molecule has 2 N–H and O–H groups in total. The number of rotatable bonds is 6. The number of hydrogen-bond acceptors (Lipinski definition) is 3. The summed E-state index contributed by atoms with van der Waals surface area (Å²) in [6.07, 6.45) is 3.41. The first-order valence-electron chi connectivity index (χ1n) is 5.95. The van der Waals surface area contributed by atoms with Gasteiger partial charge < -0.3 is 10.4 Å². The average Bonchev–Trinajstić information content (AvgIpc) is 2.34. The summed E-state index contributed by atoms with van der Waals surface area (Å²) in [5.41, 5.74) is 1.37. The van der Waals surface area contributed by atoms with Gasteiger partial charge in [0.25, 0.3) is 5.91 Å². The second-order valence-electron chi connectivity index (χ2n) is 4.35. The van der Waals surface area contributed by atoms with E-state index in [2.05, 4.69) is 10.3 Å².